The van der Waals surface area contributed by atoms with Gasteiger partial charge in [0.05, 0.1) is 5.69 Å². The van der Waals surface area contributed by atoms with E-state index >= 15 is 0 Å². The number of aryl methyl sites for hydroxylation is 1. The summed E-state index contributed by atoms with van der Waals surface area (Å²) in [5, 5.41) is 6.26. The van der Waals surface area contributed by atoms with E-state index in [0.717, 1.165) is 17.9 Å². The Morgan fingerprint density at radius 2 is 2.00 bits per heavy atom. The zero-order chi connectivity index (χ0) is 11.1. The fourth-order valence-electron chi connectivity index (χ4n) is 1.18. The molecule has 82 valence electrons. The molecule has 0 radical (unpaired) electrons. The Kier molecular flexibility index (Phi) is 5.26. The molecular formula is C12H18N2S. The highest BCUT2D eigenvalue weighted by Gasteiger charge is 1.95. The van der Waals surface area contributed by atoms with Crippen LogP contribution in [-0.2, 0) is 0 Å². The zero-order valence-corrected chi connectivity index (χ0v) is 10.4. The summed E-state index contributed by atoms with van der Waals surface area (Å²) in [6, 6.07) is 8.37. The summed E-state index contributed by atoms with van der Waals surface area (Å²) in [7, 11) is 1.97. The van der Waals surface area contributed by atoms with Crippen molar-refractivity contribution < 1.29 is 0 Å². The van der Waals surface area contributed by atoms with Crippen LogP contribution in [0.1, 0.15) is 12.0 Å². The van der Waals surface area contributed by atoms with Crippen molar-refractivity contribution in [2.45, 2.75) is 13.3 Å². The van der Waals surface area contributed by atoms with Gasteiger partial charge in [-0.3, -0.25) is 5.01 Å². The monoisotopic (exact) mass is 222 g/mol. The quantitative estimate of drug-likeness (QED) is 0.432. The van der Waals surface area contributed by atoms with E-state index in [4.69, 9.17) is 0 Å². The highest BCUT2D eigenvalue weighted by Crippen LogP contribution is 2.13. The molecule has 0 aliphatic rings. The third-order valence-electron chi connectivity index (χ3n) is 2.11. The minimum Gasteiger partial charge on any atom is -0.269 e. The van der Waals surface area contributed by atoms with Gasteiger partial charge in [-0.2, -0.15) is 16.9 Å². The maximum Gasteiger partial charge on any atom is 0.0590 e. The lowest BCUT2D eigenvalue weighted by atomic mass is 10.2. The SMILES string of the molecule is CSCCC=NN(C)c1ccc(C)cc1. The van der Waals surface area contributed by atoms with Crippen LogP contribution in [0, 0.1) is 6.92 Å². The molecule has 0 saturated heterocycles. The number of anilines is 1. The van der Waals surface area contributed by atoms with E-state index in [9.17, 15) is 0 Å². The molecule has 0 atom stereocenters. The molecule has 0 N–H and O–H groups in total. The Bertz CT molecular complexity index is 306. The third kappa shape index (κ3) is 4.38. The van der Waals surface area contributed by atoms with Gasteiger partial charge in [0.15, 0.2) is 0 Å². The van der Waals surface area contributed by atoms with E-state index in [0.29, 0.717) is 0 Å². The van der Waals surface area contributed by atoms with Crippen LogP contribution in [-0.4, -0.2) is 25.3 Å². The molecule has 0 amide bonds. The van der Waals surface area contributed by atoms with Gasteiger partial charge in [0.2, 0.25) is 0 Å². The number of thioether (sulfide) groups is 1. The maximum atomic E-state index is 4.36. The summed E-state index contributed by atoms with van der Waals surface area (Å²) in [6.45, 7) is 2.09. The van der Waals surface area contributed by atoms with Crippen LogP contribution in [0.5, 0.6) is 0 Å². The van der Waals surface area contributed by atoms with Gasteiger partial charge in [0.1, 0.15) is 0 Å². The van der Waals surface area contributed by atoms with Crippen molar-refractivity contribution in [3.63, 3.8) is 0 Å². The molecule has 0 bridgehead atoms. The molecule has 2 nitrogen and oxygen atoms in total. The van der Waals surface area contributed by atoms with Gasteiger partial charge >= 0.3 is 0 Å². The first kappa shape index (κ1) is 12.1. The van der Waals surface area contributed by atoms with Crippen LogP contribution in [0.15, 0.2) is 29.4 Å². The summed E-state index contributed by atoms with van der Waals surface area (Å²) in [6.07, 6.45) is 5.10. The Morgan fingerprint density at radius 1 is 1.33 bits per heavy atom. The molecule has 15 heavy (non-hydrogen) atoms. The standard InChI is InChI=1S/C12H18N2S/c1-11-5-7-12(8-6-11)14(2)13-9-4-10-15-3/h5-9H,4,10H2,1-3H3. The van der Waals surface area contributed by atoms with Gasteiger partial charge in [-0.15, -0.1) is 0 Å². The molecule has 0 unspecified atom stereocenters. The fourth-order valence-corrected chi connectivity index (χ4v) is 1.52. The lowest BCUT2D eigenvalue weighted by molar-refractivity contribution is 1.01. The molecule has 3 heteroatoms. The normalized spacial score (nSPS) is 10.9. The fraction of sp³-hybridized carbons (Fsp3) is 0.417. The molecule has 1 rings (SSSR count). The van der Waals surface area contributed by atoms with Crippen molar-refractivity contribution in [1.29, 1.82) is 0 Å². The van der Waals surface area contributed by atoms with E-state index in [-0.39, 0.29) is 0 Å². The second kappa shape index (κ2) is 6.51. The molecule has 0 aliphatic carbocycles. The summed E-state index contributed by atoms with van der Waals surface area (Å²) >= 11 is 1.84. The van der Waals surface area contributed by atoms with Crippen molar-refractivity contribution in [3.05, 3.63) is 29.8 Å². The van der Waals surface area contributed by atoms with Crippen molar-refractivity contribution >= 4 is 23.7 Å². The average Bonchev–Trinajstić information content (AvgIpc) is 2.25. The van der Waals surface area contributed by atoms with Crippen molar-refractivity contribution in [2.75, 3.05) is 24.1 Å². The van der Waals surface area contributed by atoms with E-state index in [2.05, 4.69) is 42.5 Å². The first-order valence-electron chi connectivity index (χ1n) is 5.06. The van der Waals surface area contributed by atoms with Crippen LogP contribution in [0.2, 0.25) is 0 Å². The Balaban J connectivity index is 2.49. The summed E-state index contributed by atoms with van der Waals surface area (Å²) in [5.41, 5.74) is 2.40. The number of hydrogen-bond acceptors (Lipinski definition) is 3. The molecule has 0 aromatic heterocycles. The Morgan fingerprint density at radius 3 is 2.60 bits per heavy atom. The molecule has 1 aromatic carbocycles. The number of hydrogen-bond donors (Lipinski definition) is 0. The summed E-state index contributed by atoms with van der Waals surface area (Å²) < 4.78 is 0. The summed E-state index contributed by atoms with van der Waals surface area (Å²) in [5.74, 6) is 1.13. The lowest BCUT2D eigenvalue weighted by Crippen LogP contribution is -2.08. The minimum atomic E-state index is 1.03. The van der Waals surface area contributed by atoms with Crippen LogP contribution in [0.25, 0.3) is 0 Å². The van der Waals surface area contributed by atoms with Crippen LogP contribution in [0.4, 0.5) is 5.69 Å². The smallest absolute Gasteiger partial charge is 0.0590 e. The van der Waals surface area contributed by atoms with Crippen molar-refractivity contribution in [1.82, 2.24) is 0 Å². The number of hydrazone groups is 1. The number of rotatable bonds is 5. The maximum absolute atomic E-state index is 4.36. The topological polar surface area (TPSA) is 15.6 Å². The van der Waals surface area contributed by atoms with Crippen molar-refractivity contribution in [3.8, 4) is 0 Å². The van der Waals surface area contributed by atoms with Crippen LogP contribution in [0.3, 0.4) is 0 Å². The third-order valence-corrected chi connectivity index (χ3v) is 2.76. The van der Waals surface area contributed by atoms with E-state index in [1.165, 1.54) is 5.56 Å². The first-order valence-corrected chi connectivity index (χ1v) is 6.45. The second-order valence-corrected chi connectivity index (χ2v) is 4.42. The van der Waals surface area contributed by atoms with E-state index in [1.54, 1.807) is 0 Å². The van der Waals surface area contributed by atoms with Gasteiger partial charge in [-0.1, -0.05) is 17.7 Å². The molecule has 0 heterocycles. The van der Waals surface area contributed by atoms with Crippen LogP contribution >= 0.6 is 11.8 Å². The predicted octanol–water partition coefficient (Wildman–Crippen LogP) is 3.17. The zero-order valence-electron chi connectivity index (χ0n) is 9.60. The number of benzene rings is 1. The largest absolute Gasteiger partial charge is 0.269 e. The first-order chi connectivity index (χ1) is 7.24. The van der Waals surface area contributed by atoms with Gasteiger partial charge < -0.3 is 0 Å². The lowest BCUT2D eigenvalue weighted by Gasteiger charge is -2.12. The predicted molar refractivity (Wildman–Crippen MR) is 71.1 cm³/mol. The minimum absolute atomic E-state index is 1.03. The molecule has 0 spiro atoms. The highest BCUT2D eigenvalue weighted by molar-refractivity contribution is 7.98. The molecule has 1 aromatic rings. The van der Waals surface area contributed by atoms with Gasteiger partial charge in [-0.05, 0) is 37.5 Å². The highest BCUT2D eigenvalue weighted by atomic mass is 32.2. The second-order valence-electron chi connectivity index (χ2n) is 3.44. The number of nitrogens with zero attached hydrogens (tertiary/aromatic N) is 2. The molecule has 0 fully saturated rings. The van der Waals surface area contributed by atoms with Gasteiger partial charge in [0, 0.05) is 13.3 Å². The Labute approximate surface area is 96.4 Å². The van der Waals surface area contributed by atoms with Gasteiger partial charge in [0.25, 0.3) is 0 Å². The average molecular weight is 222 g/mol. The Hall–Kier alpha value is -0.960. The molecule has 0 aliphatic heterocycles. The van der Waals surface area contributed by atoms with E-state index < -0.39 is 0 Å². The molecular weight excluding hydrogens is 204 g/mol. The van der Waals surface area contributed by atoms with Gasteiger partial charge in [-0.25, -0.2) is 0 Å². The van der Waals surface area contributed by atoms with E-state index in [1.807, 2.05) is 30.0 Å². The molecule has 0 saturated carbocycles. The van der Waals surface area contributed by atoms with Crippen LogP contribution < -0.4 is 5.01 Å². The van der Waals surface area contributed by atoms with Crippen molar-refractivity contribution in [2.24, 2.45) is 5.10 Å². The summed E-state index contributed by atoms with van der Waals surface area (Å²) in [4.78, 5) is 0.